The van der Waals surface area contributed by atoms with E-state index >= 15 is 0 Å². The summed E-state index contributed by atoms with van der Waals surface area (Å²) in [6.07, 6.45) is 5.26. The first-order chi connectivity index (χ1) is 15.6. The van der Waals surface area contributed by atoms with Gasteiger partial charge in [0, 0.05) is 43.7 Å². The predicted molar refractivity (Wildman–Crippen MR) is 130 cm³/mol. The summed E-state index contributed by atoms with van der Waals surface area (Å²) in [7, 11) is 3.81. The fourth-order valence-corrected chi connectivity index (χ4v) is 4.52. The number of amides is 1. The molecule has 1 saturated carbocycles. The summed E-state index contributed by atoms with van der Waals surface area (Å²) in [5.41, 5.74) is 2.30. The number of nitrogens with one attached hydrogen (secondary N) is 1. The van der Waals surface area contributed by atoms with Crippen LogP contribution in [-0.4, -0.2) is 40.5 Å². The van der Waals surface area contributed by atoms with E-state index in [2.05, 4.69) is 5.32 Å². The highest BCUT2D eigenvalue weighted by Gasteiger charge is 2.30. The highest BCUT2D eigenvalue weighted by atomic mass is 16.5. The zero-order chi connectivity index (χ0) is 23.9. The van der Waals surface area contributed by atoms with Crippen LogP contribution in [0.15, 0.2) is 36.5 Å². The van der Waals surface area contributed by atoms with Crippen molar-refractivity contribution < 1.29 is 14.6 Å². The zero-order valence-corrected chi connectivity index (χ0v) is 20.0. The third-order valence-electron chi connectivity index (χ3n) is 6.57. The monoisotopic (exact) mass is 451 g/mol. The maximum absolute atomic E-state index is 13.0. The topological polar surface area (TPSA) is 97.3 Å². The van der Waals surface area contributed by atoms with Crippen LogP contribution in [0.1, 0.15) is 74.6 Å². The SMILES string of the molecule is CC(C)c1cccc(C(=O)Nc2cc3cn(C4CCC(C)(O)CC4)nc3cc2N(C)C)[n+]1[O-]. The van der Waals surface area contributed by atoms with Gasteiger partial charge in [0.25, 0.3) is 5.69 Å². The Bertz CT molecular complexity index is 1170. The van der Waals surface area contributed by atoms with Gasteiger partial charge in [0.05, 0.1) is 28.5 Å². The van der Waals surface area contributed by atoms with Gasteiger partial charge >= 0.3 is 5.91 Å². The van der Waals surface area contributed by atoms with E-state index in [0.717, 1.165) is 42.3 Å². The number of aliphatic hydroxyl groups is 1. The normalized spacial score (nSPS) is 20.9. The first kappa shape index (κ1) is 23.0. The maximum atomic E-state index is 13.0. The van der Waals surface area contributed by atoms with Gasteiger partial charge in [-0.2, -0.15) is 9.83 Å². The molecule has 0 saturated heterocycles. The number of nitrogens with zero attached hydrogens (tertiary/aromatic N) is 4. The fourth-order valence-electron chi connectivity index (χ4n) is 4.52. The van der Waals surface area contributed by atoms with Crippen molar-refractivity contribution in [3.8, 4) is 0 Å². The Kier molecular flexibility index (Phi) is 6.05. The number of hydrogen-bond acceptors (Lipinski definition) is 5. The Morgan fingerprint density at radius 2 is 2.00 bits per heavy atom. The van der Waals surface area contributed by atoms with E-state index in [0.29, 0.717) is 16.1 Å². The number of hydrogen-bond donors (Lipinski definition) is 2. The lowest BCUT2D eigenvalue weighted by molar-refractivity contribution is -0.617. The molecule has 1 amide bonds. The first-order valence-electron chi connectivity index (χ1n) is 11.5. The van der Waals surface area contributed by atoms with Gasteiger partial charge in [-0.25, -0.2) is 0 Å². The molecule has 2 heterocycles. The van der Waals surface area contributed by atoms with Crippen LogP contribution < -0.4 is 14.9 Å². The Morgan fingerprint density at radius 3 is 2.64 bits per heavy atom. The lowest BCUT2D eigenvalue weighted by Gasteiger charge is -2.33. The molecule has 0 radical (unpaired) electrons. The predicted octanol–water partition coefficient (Wildman–Crippen LogP) is 3.98. The van der Waals surface area contributed by atoms with Crippen LogP contribution in [0.5, 0.6) is 0 Å². The summed E-state index contributed by atoms with van der Waals surface area (Å²) in [5, 5.41) is 31.6. The van der Waals surface area contributed by atoms with E-state index in [1.54, 1.807) is 12.1 Å². The van der Waals surface area contributed by atoms with Crippen molar-refractivity contribution in [3.05, 3.63) is 53.1 Å². The zero-order valence-electron chi connectivity index (χ0n) is 20.0. The molecule has 1 aliphatic rings. The molecule has 0 spiro atoms. The van der Waals surface area contributed by atoms with Gasteiger partial charge in [-0.05, 0) is 50.8 Å². The van der Waals surface area contributed by atoms with E-state index in [9.17, 15) is 15.1 Å². The minimum atomic E-state index is -0.593. The van der Waals surface area contributed by atoms with Crippen LogP contribution in [0, 0.1) is 5.21 Å². The molecular formula is C25H33N5O3. The lowest BCUT2D eigenvalue weighted by Crippen LogP contribution is -2.41. The van der Waals surface area contributed by atoms with Gasteiger partial charge < -0.3 is 20.5 Å². The highest BCUT2D eigenvalue weighted by molar-refractivity contribution is 6.05. The largest absolute Gasteiger partial charge is 0.618 e. The Balaban J connectivity index is 1.65. The third-order valence-corrected chi connectivity index (χ3v) is 6.57. The molecule has 0 unspecified atom stereocenters. The Morgan fingerprint density at radius 1 is 1.30 bits per heavy atom. The quantitative estimate of drug-likeness (QED) is 0.452. The average Bonchev–Trinajstić information content (AvgIpc) is 3.15. The minimum absolute atomic E-state index is 0.0123. The van der Waals surface area contributed by atoms with Crippen molar-refractivity contribution in [2.45, 2.75) is 64.0 Å². The van der Waals surface area contributed by atoms with Crippen LogP contribution >= 0.6 is 0 Å². The average molecular weight is 452 g/mol. The summed E-state index contributed by atoms with van der Waals surface area (Å²) in [6, 6.07) is 9.13. The molecule has 4 rings (SSSR count). The Labute approximate surface area is 194 Å². The number of aromatic nitrogens is 3. The smallest absolute Gasteiger partial charge is 0.321 e. The van der Waals surface area contributed by atoms with Crippen molar-refractivity contribution in [1.82, 2.24) is 9.78 Å². The molecule has 33 heavy (non-hydrogen) atoms. The van der Waals surface area contributed by atoms with Crippen LogP contribution in [0.2, 0.25) is 0 Å². The molecule has 2 N–H and O–H groups in total. The van der Waals surface area contributed by atoms with Crippen molar-refractivity contribution in [2.24, 2.45) is 0 Å². The van der Waals surface area contributed by atoms with Gasteiger partial charge in [-0.3, -0.25) is 9.48 Å². The molecule has 8 nitrogen and oxygen atoms in total. The number of carbonyl (C=O) groups is 1. The first-order valence-corrected chi connectivity index (χ1v) is 11.5. The van der Waals surface area contributed by atoms with Crippen molar-refractivity contribution in [1.29, 1.82) is 0 Å². The summed E-state index contributed by atoms with van der Waals surface area (Å²) >= 11 is 0. The second kappa shape index (κ2) is 8.67. The Hall–Kier alpha value is -3.13. The third kappa shape index (κ3) is 4.66. The number of benzene rings is 1. The summed E-state index contributed by atoms with van der Waals surface area (Å²) < 4.78 is 2.70. The minimum Gasteiger partial charge on any atom is -0.618 e. The maximum Gasteiger partial charge on any atom is 0.321 e. The molecule has 2 aromatic heterocycles. The second-order valence-corrected chi connectivity index (χ2v) is 9.90. The van der Waals surface area contributed by atoms with Crippen LogP contribution in [0.25, 0.3) is 10.9 Å². The van der Waals surface area contributed by atoms with E-state index in [-0.39, 0.29) is 17.7 Å². The van der Waals surface area contributed by atoms with Crippen molar-refractivity contribution in [2.75, 3.05) is 24.3 Å². The highest BCUT2D eigenvalue weighted by Crippen LogP contribution is 2.36. The number of fused-ring (bicyclic) bond motifs is 1. The molecule has 3 aromatic rings. The molecule has 1 fully saturated rings. The molecule has 176 valence electrons. The van der Waals surface area contributed by atoms with E-state index in [1.165, 1.54) is 6.07 Å². The molecule has 1 aliphatic carbocycles. The van der Waals surface area contributed by atoms with Crippen LogP contribution in [-0.2, 0) is 0 Å². The molecule has 0 atom stereocenters. The number of pyridine rings is 1. The van der Waals surface area contributed by atoms with Crippen molar-refractivity contribution in [3.63, 3.8) is 0 Å². The van der Waals surface area contributed by atoms with Gasteiger partial charge in [0.15, 0.2) is 5.69 Å². The van der Waals surface area contributed by atoms with E-state index in [4.69, 9.17) is 5.10 Å². The van der Waals surface area contributed by atoms with Crippen molar-refractivity contribution >= 4 is 28.2 Å². The number of carbonyl (C=O) groups excluding carboxylic acids is 1. The number of anilines is 2. The van der Waals surface area contributed by atoms with Gasteiger partial charge in [0.1, 0.15) is 0 Å². The van der Waals surface area contributed by atoms with E-state index in [1.807, 2.05) is 62.8 Å². The fraction of sp³-hybridized carbons (Fsp3) is 0.480. The molecular weight excluding hydrogens is 418 g/mol. The standard InChI is InChI=1S/C25H33N5O3/c1-16(2)21-7-6-8-22(30(21)33)24(31)26-20-13-17-15-29(18-9-11-25(3,32)12-10-18)27-19(17)14-23(20)28(4)5/h6-8,13-16,18,32H,9-12H2,1-5H3,(H,26,31). The van der Waals surface area contributed by atoms with E-state index < -0.39 is 11.5 Å². The second-order valence-electron chi connectivity index (χ2n) is 9.90. The summed E-state index contributed by atoms with van der Waals surface area (Å²) in [5.74, 6) is -0.435. The lowest BCUT2D eigenvalue weighted by atomic mass is 9.84. The van der Waals surface area contributed by atoms with Gasteiger partial charge in [-0.1, -0.05) is 13.8 Å². The van der Waals surface area contributed by atoms with Gasteiger partial charge in [0.2, 0.25) is 0 Å². The van der Waals surface area contributed by atoms with Crippen LogP contribution in [0.3, 0.4) is 0 Å². The molecule has 1 aromatic carbocycles. The number of rotatable bonds is 5. The van der Waals surface area contributed by atoms with Crippen LogP contribution in [0.4, 0.5) is 11.4 Å². The molecule has 0 bridgehead atoms. The van der Waals surface area contributed by atoms with Gasteiger partial charge in [-0.15, -0.1) is 0 Å². The summed E-state index contributed by atoms with van der Waals surface area (Å²) in [6.45, 7) is 5.74. The summed E-state index contributed by atoms with van der Waals surface area (Å²) in [4.78, 5) is 15.0. The molecule has 0 aliphatic heterocycles. The molecule has 8 heteroatoms.